The molecule has 18 heavy (non-hydrogen) atoms. The van der Waals surface area contributed by atoms with Crippen molar-refractivity contribution in [2.75, 3.05) is 0 Å². The van der Waals surface area contributed by atoms with Crippen molar-refractivity contribution in [1.82, 2.24) is 0 Å². The van der Waals surface area contributed by atoms with E-state index in [0.717, 1.165) is 17.6 Å². The van der Waals surface area contributed by atoms with Crippen LogP contribution in [0.3, 0.4) is 0 Å². The molecule has 1 unspecified atom stereocenters. The van der Waals surface area contributed by atoms with Gasteiger partial charge in [-0.25, -0.2) is 4.39 Å². The third-order valence-electron chi connectivity index (χ3n) is 2.53. The molecule has 0 aliphatic carbocycles. The predicted molar refractivity (Wildman–Crippen MR) is 84.5 cm³/mol. The van der Waals surface area contributed by atoms with Crippen molar-refractivity contribution < 1.29 is 4.39 Å². The van der Waals surface area contributed by atoms with Gasteiger partial charge < -0.3 is 5.73 Å². The summed E-state index contributed by atoms with van der Waals surface area (Å²) in [6.07, 6.45) is 0.465. The van der Waals surface area contributed by atoms with Gasteiger partial charge in [-0.2, -0.15) is 0 Å². The van der Waals surface area contributed by atoms with Crippen molar-refractivity contribution in [3.8, 4) is 0 Å². The summed E-state index contributed by atoms with van der Waals surface area (Å²) in [5, 5.41) is 0. The molecule has 0 bridgehead atoms. The van der Waals surface area contributed by atoms with Gasteiger partial charge in [0, 0.05) is 10.5 Å². The molecular formula is C12H9Br3FNS. The number of hydrogen-bond acceptors (Lipinski definition) is 2. The molecule has 96 valence electrons. The molecule has 0 saturated carbocycles. The molecule has 0 spiro atoms. The fraction of sp³-hybridized carbons (Fsp3) is 0.167. The monoisotopic (exact) mass is 455 g/mol. The summed E-state index contributed by atoms with van der Waals surface area (Å²) in [4.78, 5) is 0. The Kier molecular flexibility index (Phi) is 4.99. The second-order valence-electron chi connectivity index (χ2n) is 3.83. The van der Waals surface area contributed by atoms with Crippen LogP contribution >= 0.6 is 59.1 Å². The summed E-state index contributed by atoms with van der Waals surface area (Å²) in [7, 11) is 0. The zero-order valence-electron chi connectivity index (χ0n) is 9.09. The predicted octanol–water partition coefficient (Wildman–Crippen LogP) is 5.42. The molecule has 0 radical (unpaired) electrons. The maximum absolute atomic E-state index is 13.7. The van der Waals surface area contributed by atoms with Gasteiger partial charge in [0.25, 0.3) is 0 Å². The Morgan fingerprint density at radius 2 is 1.94 bits per heavy atom. The van der Waals surface area contributed by atoms with E-state index in [2.05, 4.69) is 47.8 Å². The lowest BCUT2D eigenvalue weighted by Gasteiger charge is -2.12. The molecule has 0 saturated heterocycles. The van der Waals surface area contributed by atoms with Gasteiger partial charge in [-0.05, 0) is 73.7 Å². The number of benzene rings is 1. The lowest BCUT2D eigenvalue weighted by atomic mass is 10.0. The standard InChI is InChI=1S/C12H9Br3FNS/c13-7-1-2-9(16)6(3-7)4-10(17)8-5-11(14)18-12(8)15/h1-3,5,10H,4,17H2. The number of thiophene rings is 1. The fourth-order valence-electron chi connectivity index (χ4n) is 1.65. The molecule has 1 aromatic carbocycles. The summed E-state index contributed by atoms with van der Waals surface area (Å²) >= 11 is 11.8. The Hall–Kier alpha value is 0.250. The van der Waals surface area contributed by atoms with E-state index >= 15 is 0 Å². The second kappa shape index (κ2) is 6.13. The van der Waals surface area contributed by atoms with Crippen molar-refractivity contribution in [3.63, 3.8) is 0 Å². The molecule has 0 fully saturated rings. The number of nitrogens with two attached hydrogens (primary N) is 1. The third-order valence-corrected chi connectivity index (χ3v) is 5.41. The average molecular weight is 458 g/mol. The quantitative estimate of drug-likeness (QED) is 0.654. The molecule has 0 amide bonds. The Morgan fingerprint density at radius 3 is 2.56 bits per heavy atom. The first kappa shape index (κ1) is 14.7. The van der Waals surface area contributed by atoms with Crippen LogP contribution in [0.25, 0.3) is 0 Å². The molecule has 2 aromatic rings. The van der Waals surface area contributed by atoms with Gasteiger partial charge in [-0.3, -0.25) is 0 Å². The average Bonchev–Trinajstić information content (AvgIpc) is 2.63. The molecule has 0 aliphatic heterocycles. The summed E-state index contributed by atoms with van der Waals surface area (Å²) in [5.41, 5.74) is 7.74. The largest absolute Gasteiger partial charge is 0.324 e. The number of rotatable bonds is 3. The van der Waals surface area contributed by atoms with Gasteiger partial charge in [0.05, 0.1) is 7.57 Å². The number of halogens is 4. The van der Waals surface area contributed by atoms with E-state index in [9.17, 15) is 4.39 Å². The van der Waals surface area contributed by atoms with Gasteiger partial charge in [0.2, 0.25) is 0 Å². The molecule has 2 rings (SSSR count). The minimum Gasteiger partial charge on any atom is -0.324 e. The molecule has 2 N–H and O–H groups in total. The van der Waals surface area contributed by atoms with Crippen molar-refractivity contribution in [2.24, 2.45) is 5.73 Å². The van der Waals surface area contributed by atoms with E-state index in [1.54, 1.807) is 23.5 Å². The Balaban J connectivity index is 2.23. The minimum atomic E-state index is -0.231. The van der Waals surface area contributed by atoms with Gasteiger partial charge in [0.1, 0.15) is 5.82 Å². The molecule has 1 nitrogen and oxygen atoms in total. The highest BCUT2D eigenvalue weighted by molar-refractivity contribution is 9.12. The lowest BCUT2D eigenvalue weighted by molar-refractivity contribution is 0.593. The van der Waals surface area contributed by atoms with Crippen LogP contribution in [0.4, 0.5) is 4.39 Å². The van der Waals surface area contributed by atoms with Crippen LogP contribution in [0.2, 0.25) is 0 Å². The molecule has 1 aromatic heterocycles. The highest BCUT2D eigenvalue weighted by Crippen LogP contribution is 2.36. The van der Waals surface area contributed by atoms with Gasteiger partial charge >= 0.3 is 0 Å². The van der Waals surface area contributed by atoms with Crippen molar-refractivity contribution >= 4 is 59.1 Å². The van der Waals surface area contributed by atoms with Gasteiger partial charge in [0.15, 0.2) is 0 Å². The van der Waals surface area contributed by atoms with Crippen LogP contribution in [0.1, 0.15) is 17.2 Å². The molecule has 0 aliphatic rings. The Labute approximate surface area is 134 Å². The molecule has 6 heteroatoms. The number of hydrogen-bond donors (Lipinski definition) is 1. The van der Waals surface area contributed by atoms with Gasteiger partial charge in [-0.1, -0.05) is 15.9 Å². The first-order valence-corrected chi connectivity index (χ1v) is 8.31. The van der Waals surface area contributed by atoms with Crippen LogP contribution in [0, 0.1) is 5.82 Å². The van der Waals surface area contributed by atoms with Crippen molar-refractivity contribution in [3.05, 3.63) is 53.3 Å². The maximum atomic E-state index is 13.7. The highest BCUT2D eigenvalue weighted by atomic mass is 79.9. The van der Waals surface area contributed by atoms with E-state index in [1.165, 1.54) is 6.07 Å². The second-order valence-corrected chi connectivity index (χ2v) is 8.49. The smallest absolute Gasteiger partial charge is 0.126 e. The van der Waals surface area contributed by atoms with E-state index in [4.69, 9.17) is 5.73 Å². The van der Waals surface area contributed by atoms with Crippen LogP contribution in [-0.2, 0) is 6.42 Å². The molecular weight excluding hydrogens is 449 g/mol. The normalized spacial score (nSPS) is 12.7. The Morgan fingerprint density at radius 1 is 1.22 bits per heavy atom. The maximum Gasteiger partial charge on any atom is 0.126 e. The first-order chi connectivity index (χ1) is 8.47. The summed E-state index contributed by atoms with van der Waals surface area (Å²) in [6.45, 7) is 0. The van der Waals surface area contributed by atoms with E-state index in [1.807, 2.05) is 6.07 Å². The molecule has 1 atom stereocenters. The van der Waals surface area contributed by atoms with Crippen LogP contribution in [0.15, 0.2) is 36.3 Å². The van der Waals surface area contributed by atoms with Crippen LogP contribution in [-0.4, -0.2) is 0 Å². The fourth-order valence-corrected chi connectivity index (χ4v) is 5.06. The topological polar surface area (TPSA) is 26.0 Å². The van der Waals surface area contributed by atoms with E-state index in [-0.39, 0.29) is 11.9 Å². The lowest BCUT2D eigenvalue weighted by Crippen LogP contribution is -2.13. The van der Waals surface area contributed by atoms with Crippen molar-refractivity contribution in [1.29, 1.82) is 0 Å². The minimum absolute atomic E-state index is 0.223. The van der Waals surface area contributed by atoms with Gasteiger partial charge in [-0.15, -0.1) is 11.3 Å². The van der Waals surface area contributed by atoms with E-state index in [0.29, 0.717) is 12.0 Å². The van der Waals surface area contributed by atoms with Crippen molar-refractivity contribution in [2.45, 2.75) is 12.5 Å². The zero-order chi connectivity index (χ0) is 13.3. The summed E-state index contributed by atoms with van der Waals surface area (Å²) in [5.74, 6) is -0.223. The molecule has 1 heterocycles. The SMILES string of the molecule is NC(Cc1cc(Br)ccc1F)c1cc(Br)sc1Br. The third kappa shape index (κ3) is 3.42. The highest BCUT2D eigenvalue weighted by Gasteiger charge is 2.15. The summed E-state index contributed by atoms with van der Waals surface area (Å²) in [6, 6.07) is 6.64. The van der Waals surface area contributed by atoms with Crippen LogP contribution in [0.5, 0.6) is 0 Å². The first-order valence-electron chi connectivity index (χ1n) is 5.11. The van der Waals surface area contributed by atoms with Crippen LogP contribution < -0.4 is 5.73 Å². The van der Waals surface area contributed by atoms with E-state index < -0.39 is 0 Å². The summed E-state index contributed by atoms with van der Waals surface area (Å²) < 4.78 is 16.5. The Bertz CT molecular complexity index is 570. The zero-order valence-corrected chi connectivity index (χ0v) is 14.7.